The van der Waals surface area contributed by atoms with Gasteiger partial charge in [-0.2, -0.15) is 0 Å². The fourth-order valence-electron chi connectivity index (χ4n) is 5.78. The van der Waals surface area contributed by atoms with Gasteiger partial charge in [-0.15, -0.1) is 11.3 Å². The molecule has 1 aromatic heterocycles. The van der Waals surface area contributed by atoms with E-state index in [2.05, 4.69) is 31.3 Å². The maximum absolute atomic E-state index is 12.2. The van der Waals surface area contributed by atoms with Crippen LogP contribution in [-0.2, 0) is 16.0 Å². The fraction of sp³-hybridized carbons (Fsp3) is 0.545. The van der Waals surface area contributed by atoms with Gasteiger partial charge in [-0.3, -0.25) is 4.79 Å². The maximum Gasteiger partial charge on any atom is 0.309 e. The van der Waals surface area contributed by atoms with E-state index in [1.54, 1.807) is 11.3 Å². The summed E-state index contributed by atoms with van der Waals surface area (Å²) < 4.78 is 5.92. The van der Waals surface area contributed by atoms with E-state index in [9.17, 15) is 4.79 Å². The summed E-state index contributed by atoms with van der Waals surface area (Å²) in [6.45, 7) is 6.72. The molecule has 1 saturated heterocycles. The number of carbonyl (C=O) groups is 1. The molecule has 1 aromatic carbocycles. The van der Waals surface area contributed by atoms with Gasteiger partial charge in [-0.1, -0.05) is 39.0 Å². The van der Waals surface area contributed by atoms with Crippen LogP contribution in [0.15, 0.2) is 30.3 Å². The first-order valence-corrected chi connectivity index (χ1v) is 10.8. The van der Waals surface area contributed by atoms with E-state index in [4.69, 9.17) is 9.72 Å². The van der Waals surface area contributed by atoms with E-state index in [0.29, 0.717) is 17.8 Å². The highest BCUT2D eigenvalue weighted by atomic mass is 32.1. The van der Waals surface area contributed by atoms with Gasteiger partial charge >= 0.3 is 5.97 Å². The zero-order chi connectivity index (χ0) is 18.8. The number of nitrogens with zero attached hydrogens (tertiary/aromatic N) is 1. The molecule has 1 aliphatic heterocycles. The van der Waals surface area contributed by atoms with Gasteiger partial charge in [0.25, 0.3) is 0 Å². The van der Waals surface area contributed by atoms with Gasteiger partial charge in [0.1, 0.15) is 6.10 Å². The third-order valence-corrected chi connectivity index (χ3v) is 8.17. The van der Waals surface area contributed by atoms with Crippen LogP contribution in [0.5, 0.6) is 0 Å². The Morgan fingerprint density at radius 1 is 1.22 bits per heavy atom. The number of anilines is 2. The molecule has 2 heterocycles. The molecule has 27 heavy (non-hydrogen) atoms. The third-order valence-electron chi connectivity index (χ3n) is 7.18. The van der Waals surface area contributed by atoms with E-state index in [0.717, 1.165) is 23.7 Å². The number of nitrogens with one attached hydrogen (secondary N) is 1. The van der Waals surface area contributed by atoms with Crippen LogP contribution in [-0.4, -0.2) is 17.1 Å². The lowest BCUT2D eigenvalue weighted by atomic mass is 9.54. The van der Waals surface area contributed by atoms with E-state index in [-0.39, 0.29) is 23.4 Å². The Hall–Kier alpha value is -1.88. The Labute approximate surface area is 164 Å². The Kier molecular flexibility index (Phi) is 3.87. The lowest BCUT2D eigenvalue weighted by molar-refractivity contribution is -0.149. The third kappa shape index (κ3) is 2.62. The summed E-state index contributed by atoms with van der Waals surface area (Å²) in [5, 5.41) is 4.42. The topological polar surface area (TPSA) is 51.2 Å². The molecule has 4 nitrogen and oxygen atoms in total. The van der Waals surface area contributed by atoms with Crippen molar-refractivity contribution in [3.05, 3.63) is 40.9 Å². The predicted octanol–water partition coefficient (Wildman–Crippen LogP) is 5.14. The van der Waals surface area contributed by atoms with Gasteiger partial charge in [-0.05, 0) is 36.8 Å². The summed E-state index contributed by atoms with van der Waals surface area (Å²) in [5.41, 5.74) is 2.46. The molecule has 1 N–H and O–H groups in total. The highest BCUT2D eigenvalue weighted by Crippen LogP contribution is 2.59. The van der Waals surface area contributed by atoms with E-state index >= 15 is 0 Å². The molecule has 142 valence electrons. The number of hydrogen-bond donors (Lipinski definition) is 1. The average Bonchev–Trinajstić information content (AvgIpc) is 3.16. The molecule has 3 aliphatic rings. The largest absolute Gasteiger partial charge is 0.461 e. The van der Waals surface area contributed by atoms with Gasteiger partial charge in [0.15, 0.2) is 5.13 Å². The zero-order valence-corrected chi connectivity index (χ0v) is 16.9. The summed E-state index contributed by atoms with van der Waals surface area (Å²) >= 11 is 1.78. The number of para-hydroxylation sites is 1. The number of aromatic nitrogens is 1. The predicted molar refractivity (Wildman–Crippen MR) is 107 cm³/mol. The Bertz CT molecular complexity index is 880. The summed E-state index contributed by atoms with van der Waals surface area (Å²) in [7, 11) is 0. The number of thiazole rings is 1. The number of rotatable bonds is 2. The molecule has 5 rings (SSSR count). The van der Waals surface area contributed by atoms with Crippen LogP contribution in [0.4, 0.5) is 10.8 Å². The smallest absolute Gasteiger partial charge is 0.309 e. The summed E-state index contributed by atoms with van der Waals surface area (Å²) in [6, 6.07) is 10.2. The quantitative estimate of drug-likeness (QED) is 0.731. The van der Waals surface area contributed by atoms with Crippen LogP contribution < -0.4 is 5.32 Å². The molecule has 0 amide bonds. The Morgan fingerprint density at radius 2 is 2.00 bits per heavy atom. The van der Waals surface area contributed by atoms with Gasteiger partial charge < -0.3 is 10.1 Å². The fourth-order valence-corrected chi connectivity index (χ4v) is 7.06. The van der Waals surface area contributed by atoms with Crippen molar-refractivity contribution in [2.24, 2.45) is 23.2 Å². The minimum absolute atomic E-state index is 0.00282. The van der Waals surface area contributed by atoms with Crippen LogP contribution in [0.2, 0.25) is 0 Å². The second-order valence-electron chi connectivity index (χ2n) is 8.86. The second-order valence-corrected chi connectivity index (χ2v) is 9.94. The molecule has 0 spiro atoms. The molecule has 0 radical (unpaired) electrons. The minimum atomic E-state index is -0.00282. The van der Waals surface area contributed by atoms with E-state index in [1.165, 1.54) is 17.0 Å². The second kappa shape index (κ2) is 6.06. The molecular weight excluding hydrogens is 356 g/mol. The van der Waals surface area contributed by atoms with Crippen molar-refractivity contribution in [1.82, 2.24) is 4.98 Å². The van der Waals surface area contributed by atoms with Crippen LogP contribution in [0.25, 0.3) is 0 Å². The highest BCUT2D eigenvalue weighted by Gasteiger charge is 2.58. The van der Waals surface area contributed by atoms with Gasteiger partial charge in [0.2, 0.25) is 0 Å². The molecule has 6 unspecified atom stereocenters. The minimum Gasteiger partial charge on any atom is -0.461 e. The normalized spacial score (nSPS) is 37.1. The number of ether oxygens (including phenoxy) is 1. The molecule has 6 atom stereocenters. The SMILES string of the molecule is CC1C(=O)OC2C1CCC1(C)Cc3sc(Nc4ccccc4)nc3C(C)C21. The molecule has 2 aliphatic carbocycles. The van der Waals surface area contributed by atoms with Gasteiger partial charge in [-0.25, -0.2) is 4.98 Å². The number of fused-ring (bicyclic) bond motifs is 4. The van der Waals surface area contributed by atoms with Crippen LogP contribution >= 0.6 is 11.3 Å². The van der Waals surface area contributed by atoms with Crippen molar-refractivity contribution in [1.29, 1.82) is 0 Å². The van der Waals surface area contributed by atoms with Crippen molar-refractivity contribution < 1.29 is 9.53 Å². The molecule has 0 bridgehead atoms. The van der Waals surface area contributed by atoms with Gasteiger partial charge in [0.05, 0.1) is 11.6 Å². The summed E-state index contributed by atoms with van der Waals surface area (Å²) in [6.07, 6.45) is 3.37. The van der Waals surface area contributed by atoms with Crippen molar-refractivity contribution >= 4 is 28.1 Å². The number of esters is 1. The first-order valence-electron chi connectivity index (χ1n) is 9.98. The highest BCUT2D eigenvalue weighted by molar-refractivity contribution is 7.15. The van der Waals surface area contributed by atoms with Crippen molar-refractivity contribution in [3.63, 3.8) is 0 Å². The van der Waals surface area contributed by atoms with Crippen LogP contribution in [0, 0.1) is 23.2 Å². The zero-order valence-electron chi connectivity index (χ0n) is 16.1. The first kappa shape index (κ1) is 17.2. The summed E-state index contributed by atoms with van der Waals surface area (Å²) in [4.78, 5) is 18.6. The van der Waals surface area contributed by atoms with Gasteiger partial charge in [0, 0.05) is 28.3 Å². The maximum atomic E-state index is 12.2. The Balaban J connectivity index is 1.48. The standard InChI is InChI=1S/C22H26N2O2S/c1-12-15-9-10-22(3)11-16-18(13(2)17(22)19(15)26-20(12)25)24-21(27-16)23-14-7-5-4-6-8-14/h4-8,12-13,15,17,19H,9-11H2,1-3H3,(H,23,24). The summed E-state index contributed by atoms with van der Waals surface area (Å²) in [5.74, 6) is 1.09. The molecule has 2 fully saturated rings. The van der Waals surface area contributed by atoms with E-state index < -0.39 is 0 Å². The Morgan fingerprint density at radius 3 is 2.78 bits per heavy atom. The first-order chi connectivity index (χ1) is 13.0. The van der Waals surface area contributed by atoms with E-state index in [1.807, 2.05) is 25.1 Å². The van der Waals surface area contributed by atoms with Crippen molar-refractivity contribution in [3.8, 4) is 0 Å². The molecule has 5 heteroatoms. The average molecular weight is 383 g/mol. The molecule has 1 saturated carbocycles. The monoisotopic (exact) mass is 382 g/mol. The number of hydrogen-bond acceptors (Lipinski definition) is 5. The lowest BCUT2D eigenvalue weighted by Gasteiger charge is -2.51. The molecular formula is C22H26N2O2S. The van der Waals surface area contributed by atoms with Crippen LogP contribution in [0.3, 0.4) is 0 Å². The number of carbonyl (C=O) groups excluding carboxylic acids is 1. The van der Waals surface area contributed by atoms with Crippen molar-refractivity contribution in [2.75, 3.05) is 5.32 Å². The van der Waals surface area contributed by atoms with Crippen LogP contribution in [0.1, 0.15) is 50.1 Å². The lowest BCUT2D eigenvalue weighted by Crippen LogP contribution is -2.50. The number of benzene rings is 1. The molecule has 2 aromatic rings. The van der Waals surface area contributed by atoms with Crippen molar-refractivity contribution in [2.45, 2.75) is 52.1 Å².